The van der Waals surface area contributed by atoms with E-state index in [-0.39, 0.29) is 39.1 Å². The number of hydrogen-bond acceptors (Lipinski definition) is 2. The third-order valence-electron chi connectivity index (χ3n) is 2.87. The molecule has 3 nitrogen and oxygen atoms in total. The molecule has 76 valence electrons. The van der Waals surface area contributed by atoms with Crippen molar-refractivity contribution in [2.75, 3.05) is 6.54 Å². The third kappa shape index (κ3) is 3.93. The van der Waals surface area contributed by atoms with Gasteiger partial charge in [0.2, 0.25) is 0 Å². The summed E-state index contributed by atoms with van der Waals surface area (Å²) < 4.78 is 0. The maximum absolute atomic E-state index is 10.6. The number of carboxylic acid groups (broad SMARTS) is 1. The van der Waals surface area contributed by atoms with E-state index in [9.17, 15) is 4.79 Å². The molecule has 0 bridgehead atoms. The topological polar surface area (TPSA) is 63.3 Å². The molecule has 1 saturated carbocycles. The Hall–Kier alpha value is 0.352. The zero-order chi connectivity index (χ0) is 9.03. The summed E-state index contributed by atoms with van der Waals surface area (Å²) in [5.41, 5.74) is 5.54. The SMILES string of the molecule is NCC1(CC(=O)O)CCCCC1.[PbH2]. The van der Waals surface area contributed by atoms with Gasteiger partial charge in [0.25, 0.3) is 0 Å². The van der Waals surface area contributed by atoms with Crippen molar-refractivity contribution in [2.45, 2.75) is 38.5 Å². The second-order valence-corrected chi connectivity index (χ2v) is 3.84. The third-order valence-corrected chi connectivity index (χ3v) is 2.87. The molecule has 2 radical (unpaired) electrons. The molecule has 0 aromatic rings. The Kier molecular flexibility index (Phi) is 6.11. The molecule has 0 aliphatic heterocycles. The standard InChI is InChI=1S/C9H17NO2.Pb.2H/c10-7-9(6-8(11)12)4-2-1-3-5-9;;;/h1-7,10H2,(H,11,12);;;. The van der Waals surface area contributed by atoms with Gasteiger partial charge in [0, 0.05) is 0 Å². The second-order valence-electron chi connectivity index (χ2n) is 3.84. The Morgan fingerprint density at radius 2 is 1.85 bits per heavy atom. The molecule has 0 aromatic heterocycles. The first kappa shape index (κ1) is 13.4. The quantitative estimate of drug-likeness (QED) is 0.699. The maximum atomic E-state index is 10.6. The van der Waals surface area contributed by atoms with E-state index in [4.69, 9.17) is 10.8 Å². The van der Waals surface area contributed by atoms with Gasteiger partial charge in [-0.3, -0.25) is 4.79 Å². The van der Waals surface area contributed by atoms with E-state index in [2.05, 4.69) is 0 Å². The fourth-order valence-electron chi connectivity index (χ4n) is 2.08. The molecule has 1 fully saturated rings. The van der Waals surface area contributed by atoms with Crippen LogP contribution in [-0.2, 0) is 4.79 Å². The Bertz CT molecular complexity index is 167. The normalized spacial score (nSPS) is 20.4. The summed E-state index contributed by atoms with van der Waals surface area (Å²) in [6, 6.07) is 0. The van der Waals surface area contributed by atoms with Crippen molar-refractivity contribution in [3.05, 3.63) is 0 Å². The van der Waals surface area contributed by atoms with Gasteiger partial charge >= 0.3 is 33.3 Å². The minimum atomic E-state index is -0.706. The van der Waals surface area contributed by atoms with Crippen LogP contribution in [0.1, 0.15) is 38.5 Å². The van der Waals surface area contributed by atoms with Crippen LogP contribution in [0.25, 0.3) is 0 Å². The van der Waals surface area contributed by atoms with Gasteiger partial charge in [-0.05, 0) is 24.8 Å². The Labute approximate surface area is 99.2 Å². The number of carboxylic acids is 1. The molecule has 0 unspecified atom stereocenters. The first-order valence-corrected chi connectivity index (χ1v) is 4.60. The van der Waals surface area contributed by atoms with Gasteiger partial charge in [-0.25, -0.2) is 0 Å². The number of nitrogens with two attached hydrogens (primary N) is 1. The fourth-order valence-corrected chi connectivity index (χ4v) is 2.08. The van der Waals surface area contributed by atoms with Crippen LogP contribution in [-0.4, -0.2) is 44.9 Å². The summed E-state index contributed by atoms with van der Waals surface area (Å²) in [6.45, 7) is 0.527. The second kappa shape index (κ2) is 5.95. The summed E-state index contributed by atoms with van der Waals surface area (Å²) in [5.74, 6) is -0.706. The molecule has 13 heavy (non-hydrogen) atoms. The van der Waals surface area contributed by atoms with E-state index < -0.39 is 5.97 Å². The van der Waals surface area contributed by atoms with Crippen LogP contribution in [0.4, 0.5) is 0 Å². The predicted molar refractivity (Wildman–Crippen MR) is 55.4 cm³/mol. The molecule has 1 aliphatic rings. The van der Waals surface area contributed by atoms with Crippen LogP contribution in [0.5, 0.6) is 0 Å². The average molecular weight is 380 g/mol. The molecule has 0 atom stereocenters. The van der Waals surface area contributed by atoms with Crippen molar-refractivity contribution in [1.82, 2.24) is 0 Å². The monoisotopic (exact) mass is 381 g/mol. The van der Waals surface area contributed by atoms with E-state index in [1.54, 1.807) is 0 Å². The predicted octanol–water partition coefficient (Wildman–Crippen LogP) is 0.454. The van der Waals surface area contributed by atoms with Gasteiger partial charge in [-0.2, -0.15) is 0 Å². The Balaban J connectivity index is 0.00000144. The van der Waals surface area contributed by atoms with Crippen LogP contribution in [0, 0.1) is 5.41 Å². The van der Waals surface area contributed by atoms with Crippen molar-refractivity contribution in [1.29, 1.82) is 0 Å². The molecule has 0 spiro atoms. The first-order chi connectivity index (χ1) is 5.68. The minimum absolute atomic E-state index is 0. The van der Waals surface area contributed by atoms with Gasteiger partial charge in [0.05, 0.1) is 6.42 Å². The van der Waals surface area contributed by atoms with Crippen LogP contribution >= 0.6 is 0 Å². The van der Waals surface area contributed by atoms with Crippen molar-refractivity contribution in [3.8, 4) is 0 Å². The number of rotatable bonds is 3. The average Bonchev–Trinajstić information content (AvgIpc) is 2.05. The number of hydrogen-bond donors (Lipinski definition) is 2. The summed E-state index contributed by atoms with van der Waals surface area (Å²) >= 11 is 0. The van der Waals surface area contributed by atoms with Crippen molar-refractivity contribution < 1.29 is 9.90 Å². The van der Waals surface area contributed by atoms with Gasteiger partial charge in [0.15, 0.2) is 0 Å². The van der Waals surface area contributed by atoms with Crippen LogP contribution in [0.3, 0.4) is 0 Å². The van der Waals surface area contributed by atoms with Gasteiger partial charge < -0.3 is 10.8 Å². The molecule has 0 saturated heterocycles. The fraction of sp³-hybridized carbons (Fsp3) is 0.889. The Morgan fingerprint density at radius 1 is 1.31 bits per heavy atom. The number of carbonyl (C=O) groups is 1. The van der Waals surface area contributed by atoms with Crippen molar-refractivity contribution >= 4 is 33.3 Å². The van der Waals surface area contributed by atoms with Crippen LogP contribution < -0.4 is 5.73 Å². The summed E-state index contributed by atoms with van der Waals surface area (Å²) in [6.07, 6.45) is 5.77. The molecule has 0 aromatic carbocycles. The summed E-state index contributed by atoms with van der Waals surface area (Å²) in [5, 5.41) is 8.71. The van der Waals surface area contributed by atoms with E-state index in [0.29, 0.717) is 6.54 Å². The van der Waals surface area contributed by atoms with Crippen LogP contribution in [0.15, 0.2) is 0 Å². The van der Waals surface area contributed by atoms with Gasteiger partial charge in [-0.1, -0.05) is 19.3 Å². The van der Waals surface area contributed by atoms with E-state index in [1.165, 1.54) is 6.42 Å². The van der Waals surface area contributed by atoms with E-state index in [0.717, 1.165) is 25.7 Å². The van der Waals surface area contributed by atoms with Gasteiger partial charge in [-0.15, -0.1) is 0 Å². The van der Waals surface area contributed by atoms with Crippen molar-refractivity contribution in [3.63, 3.8) is 0 Å². The van der Waals surface area contributed by atoms with Gasteiger partial charge in [0.1, 0.15) is 0 Å². The molecule has 0 heterocycles. The molecular formula is C9H19NO2Pb. The molecule has 1 rings (SSSR count). The van der Waals surface area contributed by atoms with E-state index in [1.807, 2.05) is 0 Å². The molecule has 1 aliphatic carbocycles. The molecule has 4 heteroatoms. The van der Waals surface area contributed by atoms with E-state index >= 15 is 0 Å². The molecule has 0 amide bonds. The zero-order valence-corrected chi connectivity index (χ0v) is 13.6. The first-order valence-electron chi connectivity index (χ1n) is 4.60. The summed E-state index contributed by atoms with van der Waals surface area (Å²) in [7, 11) is 0. The number of aliphatic carboxylic acids is 1. The molecule has 3 N–H and O–H groups in total. The Morgan fingerprint density at radius 3 is 2.23 bits per heavy atom. The van der Waals surface area contributed by atoms with Crippen LogP contribution in [0.2, 0.25) is 0 Å². The van der Waals surface area contributed by atoms with Crippen molar-refractivity contribution in [2.24, 2.45) is 11.1 Å². The summed E-state index contributed by atoms with van der Waals surface area (Å²) in [4.78, 5) is 10.6. The molecular weight excluding hydrogens is 361 g/mol. The zero-order valence-electron chi connectivity index (χ0n) is 8.09.